The zero-order valence-corrected chi connectivity index (χ0v) is 20.7. The number of aromatic nitrogens is 2. The van der Waals surface area contributed by atoms with E-state index in [0.29, 0.717) is 36.2 Å². The number of imidazole rings is 1. The van der Waals surface area contributed by atoms with Crippen LogP contribution in [0.25, 0.3) is 5.65 Å². The number of pyridine rings is 1. The average Bonchev–Trinajstić information content (AvgIpc) is 3.49. The lowest BCUT2D eigenvalue weighted by molar-refractivity contribution is -0.125. The number of nitrogens with one attached hydrogen (secondary N) is 1. The maximum absolute atomic E-state index is 13.2. The number of carbonyl (C=O) groups excluding carboxylic acids is 3. The molecule has 0 radical (unpaired) electrons. The minimum Gasteiger partial charge on any atom is -0.444 e. The van der Waals surface area contributed by atoms with Crippen LogP contribution in [0.4, 0.5) is 15.3 Å². The van der Waals surface area contributed by atoms with Gasteiger partial charge in [-0.2, -0.15) is 0 Å². The van der Waals surface area contributed by atoms with E-state index >= 15 is 0 Å². The van der Waals surface area contributed by atoms with Gasteiger partial charge in [-0.05, 0) is 51.2 Å². The van der Waals surface area contributed by atoms with E-state index in [1.807, 2.05) is 22.9 Å². The minimum absolute atomic E-state index is 0.0565. The van der Waals surface area contributed by atoms with Crippen molar-refractivity contribution in [3.8, 4) is 0 Å². The van der Waals surface area contributed by atoms with Crippen LogP contribution in [0.5, 0.6) is 0 Å². The fourth-order valence-electron chi connectivity index (χ4n) is 3.90. The van der Waals surface area contributed by atoms with E-state index in [-0.39, 0.29) is 32.1 Å². The Morgan fingerprint density at radius 2 is 1.94 bits per heavy atom. The first-order valence-electron chi connectivity index (χ1n) is 11.8. The summed E-state index contributed by atoms with van der Waals surface area (Å²) < 4.78 is 17.5. The first-order chi connectivity index (χ1) is 16.7. The van der Waals surface area contributed by atoms with Crippen LogP contribution in [0.2, 0.25) is 0 Å². The summed E-state index contributed by atoms with van der Waals surface area (Å²) in [5.74, 6) is 0.154. The summed E-state index contributed by atoms with van der Waals surface area (Å²) in [7, 11) is 1.58. The molecule has 1 N–H and O–H groups in total. The molecule has 4 amide bonds. The maximum atomic E-state index is 13.2. The summed E-state index contributed by atoms with van der Waals surface area (Å²) in [6.07, 6.45) is 5.47. The van der Waals surface area contributed by atoms with Gasteiger partial charge < -0.3 is 23.9 Å². The summed E-state index contributed by atoms with van der Waals surface area (Å²) in [5, 5.41) is 2.71. The number of hydrogen-bond donors (Lipinski definition) is 1. The Balaban J connectivity index is 1.53. The molecule has 2 aromatic rings. The second kappa shape index (κ2) is 10.2. The highest BCUT2D eigenvalue weighted by Gasteiger charge is 2.38. The molecule has 0 unspecified atom stereocenters. The first-order valence-corrected chi connectivity index (χ1v) is 11.8. The molecular weight excluding hydrogens is 454 g/mol. The number of methoxy groups -OCH3 is 1. The first kappa shape index (κ1) is 24.9. The Labute approximate surface area is 204 Å². The molecule has 35 heavy (non-hydrogen) atoms. The van der Waals surface area contributed by atoms with Crippen molar-refractivity contribution in [2.45, 2.75) is 51.7 Å². The van der Waals surface area contributed by atoms with Crippen LogP contribution in [0.1, 0.15) is 50.8 Å². The van der Waals surface area contributed by atoms with Crippen LogP contribution in [0, 0.1) is 0 Å². The lowest BCUT2D eigenvalue weighted by Gasteiger charge is -2.19. The number of carbonyl (C=O) groups is 3. The molecule has 1 saturated carbocycles. The van der Waals surface area contributed by atoms with E-state index in [9.17, 15) is 14.4 Å². The number of fused-ring (bicyclic) bond motifs is 1. The Hall–Kier alpha value is -3.18. The number of urea groups is 1. The fraction of sp³-hybridized carbons (Fsp3) is 0.583. The molecule has 2 aliphatic rings. The van der Waals surface area contributed by atoms with Crippen molar-refractivity contribution in [3.05, 3.63) is 29.7 Å². The van der Waals surface area contributed by atoms with E-state index in [0.717, 1.165) is 18.4 Å². The molecule has 1 aliphatic heterocycles. The van der Waals surface area contributed by atoms with Crippen LogP contribution >= 0.6 is 0 Å². The smallest absolute Gasteiger partial charge is 0.407 e. The third kappa shape index (κ3) is 6.09. The number of ether oxygens (including phenoxy) is 3. The zero-order chi connectivity index (χ0) is 25.2. The van der Waals surface area contributed by atoms with Crippen LogP contribution in [0.3, 0.4) is 0 Å². The highest BCUT2D eigenvalue weighted by Crippen LogP contribution is 2.42. The molecule has 3 heterocycles. The lowest BCUT2D eigenvalue weighted by atomic mass is 10.1. The second-order valence-corrected chi connectivity index (χ2v) is 9.77. The van der Waals surface area contributed by atoms with E-state index < -0.39 is 17.7 Å². The Morgan fingerprint density at radius 1 is 1.17 bits per heavy atom. The summed E-state index contributed by atoms with van der Waals surface area (Å²) >= 11 is 0. The van der Waals surface area contributed by atoms with Gasteiger partial charge in [0, 0.05) is 19.5 Å². The number of rotatable bonds is 10. The molecule has 0 bridgehead atoms. The van der Waals surface area contributed by atoms with Crippen molar-refractivity contribution >= 4 is 29.4 Å². The molecular formula is C24H33N5O6. The minimum atomic E-state index is -0.599. The van der Waals surface area contributed by atoms with Gasteiger partial charge in [-0.15, -0.1) is 0 Å². The molecule has 2 fully saturated rings. The van der Waals surface area contributed by atoms with Crippen LogP contribution in [-0.4, -0.2) is 77.9 Å². The number of hydrogen-bond acceptors (Lipinski definition) is 7. The SMILES string of the molecule is COCCOCCN1C(=O)CN(c2cc(C3CC3)cn3cc(CNC(=O)OC(C)(C)C)nc23)C1=O. The summed E-state index contributed by atoms with van der Waals surface area (Å²) in [6, 6.07) is 1.56. The molecule has 1 saturated heterocycles. The van der Waals surface area contributed by atoms with Crippen LogP contribution in [-0.2, 0) is 25.5 Å². The standard InChI is InChI=1S/C24H33N5O6/c1-24(2,3)35-22(31)25-12-18-14-27-13-17(16-5-6-16)11-19(21(27)26-18)29-15-20(30)28(23(29)32)7-8-34-10-9-33-4/h11,13-14,16H,5-10,12,15H2,1-4H3,(H,25,31). The third-order valence-corrected chi connectivity index (χ3v) is 5.70. The van der Waals surface area contributed by atoms with Gasteiger partial charge in [0.1, 0.15) is 12.1 Å². The van der Waals surface area contributed by atoms with Gasteiger partial charge in [0.25, 0.3) is 5.91 Å². The molecule has 4 rings (SSSR count). The normalized spacial score (nSPS) is 16.5. The third-order valence-electron chi connectivity index (χ3n) is 5.70. The monoisotopic (exact) mass is 487 g/mol. The predicted molar refractivity (Wildman–Crippen MR) is 127 cm³/mol. The Bertz CT molecular complexity index is 1100. The quantitative estimate of drug-likeness (QED) is 0.405. The van der Waals surface area contributed by atoms with Crippen LogP contribution < -0.4 is 10.2 Å². The maximum Gasteiger partial charge on any atom is 0.407 e. The fourth-order valence-corrected chi connectivity index (χ4v) is 3.90. The Kier molecular flexibility index (Phi) is 7.27. The number of anilines is 1. The molecule has 0 atom stereocenters. The van der Waals surface area contributed by atoms with E-state index in [4.69, 9.17) is 14.2 Å². The van der Waals surface area contributed by atoms with Gasteiger partial charge in [0.15, 0.2) is 5.65 Å². The average molecular weight is 488 g/mol. The molecule has 11 nitrogen and oxygen atoms in total. The van der Waals surface area contributed by atoms with E-state index in [2.05, 4.69) is 10.3 Å². The van der Waals surface area contributed by atoms with Crippen LogP contribution in [0.15, 0.2) is 18.5 Å². The van der Waals surface area contributed by atoms with Gasteiger partial charge in [-0.1, -0.05) is 0 Å². The number of amides is 4. The predicted octanol–water partition coefficient (Wildman–Crippen LogP) is 2.67. The van der Waals surface area contributed by atoms with Crippen molar-refractivity contribution in [3.63, 3.8) is 0 Å². The summed E-state index contributed by atoms with van der Waals surface area (Å²) in [4.78, 5) is 45.2. The number of nitrogens with zero attached hydrogens (tertiary/aromatic N) is 4. The number of imide groups is 1. The lowest BCUT2D eigenvalue weighted by Crippen LogP contribution is -2.35. The van der Waals surface area contributed by atoms with Gasteiger partial charge in [-0.3, -0.25) is 14.6 Å². The topological polar surface area (TPSA) is 115 Å². The molecule has 2 aromatic heterocycles. The second-order valence-electron chi connectivity index (χ2n) is 9.77. The Morgan fingerprint density at radius 3 is 2.63 bits per heavy atom. The summed E-state index contributed by atoms with van der Waals surface area (Å²) in [5.41, 5.74) is 2.25. The largest absolute Gasteiger partial charge is 0.444 e. The van der Waals surface area contributed by atoms with E-state index in [1.54, 1.807) is 27.9 Å². The zero-order valence-electron chi connectivity index (χ0n) is 20.7. The van der Waals surface area contributed by atoms with Crippen molar-refractivity contribution in [2.75, 3.05) is 44.9 Å². The van der Waals surface area contributed by atoms with Gasteiger partial charge in [0.05, 0.1) is 44.3 Å². The molecule has 0 aromatic carbocycles. The highest BCUT2D eigenvalue weighted by molar-refractivity contribution is 6.13. The molecule has 1 aliphatic carbocycles. The van der Waals surface area contributed by atoms with E-state index in [1.165, 1.54) is 9.80 Å². The van der Waals surface area contributed by atoms with Gasteiger partial charge >= 0.3 is 12.1 Å². The highest BCUT2D eigenvalue weighted by atomic mass is 16.6. The molecule has 11 heteroatoms. The molecule has 190 valence electrons. The van der Waals surface area contributed by atoms with Crippen molar-refractivity contribution in [2.24, 2.45) is 0 Å². The number of alkyl carbamates (subject to hydrolysis) is 1. The van der Waals surface area contributed by atoms with Crippen molar-refractivity contribution < 1.29 is 28.6 Å². The van der Waals surface area contributed by atoms with Gasteiger partial charge in [0.2, 0.25) is 0 Å². The summed E-state index contributed by atoms with van der Waals surface area (Å²) in [6.45, 7) is 6.78. The molecule has 0 spiro atoms. The van der Waals surface area contributed by atoms with Crippen molar-refractivity contribution in [1.29, 1.82) is 0 Å². The van der Waals surface area contributed by atoms with Gasteiger partial charge in [-0.25, -0.2) is 14.6 Å². The van der Waals surface area contributed by atoms with Crippen molar-refractivity contribution in [1.82, 2.24) is 19.6 Å².